The van der Waals surface area contributed by atoms with Crippen molar-refractivity contribution >= 4 is 29.0 Å². The number of alkyl halides is 1. The van der Waals surface area contributed by atoms with Crippen LogP contribution >= 0.6 is 23.2 Å². The topological polar surface area (TPSA) is 26.3 Å². The van der Waals surface area contributed by atoms with Gasteiger partial charge in [0.05, 0.1) is 12.5 Å². The van der Waals surface area contributed by atoms with Gasteiger partial charge in [-0.1, -0.05) is 11.6 Å². The number of benzene rings is 1. The molecule has 1 aromatic rings. The highest BCUT2D eigenvalue weighted by Crippen LogP contribution is 2.21. The molecule has 0 heterocycles. The largest absolute Gasteiger partial charge is 0.493 e. The van der Waals surface area contributed by atoms with E-state index in [-0.39, 0.29) is 11.7 Å². The van der Waals surface area contributed by atoms with Crippen LogP contribution in [0.15, 0.2) is 18.2 Å². The van der Waals surface area contributed by atoms with E-state index in [2.05, 4.69) is 0 Å². The zero-order chi connectivity index (χ0) is 11.3. The number of hydrogen-bond acceptors (Lipinski definition) is 2. The lowest BCUT2D eigenvalue weighted by atomic mass is 10.2. The number of halogens is 2. The molecule has 4 heteroatoms. The van der Waals surface area contributed by atoms with Crippen molar-refractivity contribution in [2.45, 2.75) is 13.3 Å². The van der Waals surface area contributed by atoms with Crippen LogP contribution in [0.2, 0.25) is 5.02 Å². The van der Waals surface area contributed by atoms with Crippen molar-refractivity contribution in [3.63, 3.8) is 0 Å². The van der Waals surface area contributed by atoms with Gasteiger partial charge in [-0.25, -0.2) is 0 Å². The molecule has 0 fully saturated rings. The summed E-state index contributed by atoms with van der Waals surface area (Å²) in [5.74, 6) is 0.785. The van der Waals surface area contributed by atoms with Gasteiger partial charge in [-0.15, -0.1) is 11.6 Å². The SMILES string of the molecule is Cc1cc(Cl)ccc1OCCC(=O)CCl. The van der Waals surface area contributed by atoms with Gasteiger partial charge in [0, 0.05) is 11.4 Å². The Morgan fingerprint density at radius 3 is 2.80 bits per heavy atom. The third-order valence-electron chi connectivity index (χ3n) is 1.92. The third kappa shape index (κ3) is 4.10. The lowest BCUT2D eigenvalue weighted by Gasteiger charge is -2.08. The molecule has 2 nitrogen and oxygen atoms in total. The minimum atomic E-state index is -0.0108. The van der Waals surface area contributed by atoms with Gasteiger partial charge in [0.1, 0.15) is 5.75 Å². The van der Waals surface area contributed by atoms with Crippen molar-refractivity contribution in [1.82, 2.24) is 0 Å². The van der Waals surface area contributed by atoms with Crippen molar-refractivity contribution in [2.75, 3.05) is 12.5 Å². The summed E-state index contributed by atoms with van der Waals surface area (Å²) in [6, 6.07) is 5.37. The summed E-state index contributed by atoms with van der Waals surface area (Å²) in [4.78, 5) is 10.9. The minimum Gasteiger partial charge on any atom is -0.493 e. The van der Waals surface area contributed by atoms with Gasteiger partial charge >= 0.3 is 0 Å². The first-order chi connectivity index (χ1) is 7.13. The number of ketones is 1. The van der Waals surface area contributed by atoms with Gasteiger partial charge in [-0.2, -0.15) is 0 Å². The van der Waals surface area contributed by atoms with Crippen LogP contribution in [0.4, 0.5) is 0 Å². The van der Waals surface area contributed by atoms with E-state index < -0.39 is 0 Å². The first-order valence-electron chi connectivity index (χ1n) is 4.60. The van der Waals surface area contributed by atoms with Gasteiger partial charge in [0.25, 0.3) is 0 Å². The molecular weight excluding hydrogens is 235 g/mol. The standard InChI is InChI=1S/C11H12Cl2O2/c1-8-6-9(13)2-3-11(8)15-5-4-10(14)7-12/h2-3,6H,4-5,7H2,1H3. The Morgan fingerprint density at radius 2 is 2.20 bits per heavy atom. The molecule has 15 heavy (non-hydrogen) atoms. The predicted octanol–water partition coefficient (Wildman–Crippen LogP) is 3.23. The lowest BCUT2D eigenvalue weighted by Crippen LogP contribution is -2.07. The number of carbonyl (C=O) groups is 1. The molecule has 0 saturated carbocycles. The molecule has 0 radical (unpaired) electrons. The van der Waals surface area contributed by atoms with Crippen molar-refractivity contribution < 1.29 is 9.53 Å². The first-order valence-corrected chi connectivity index (χ1v) is 5.51. The molecule has 0 amide bonds. The van der Waals surface area contributed by atoms with Crippen LogP contribution in [0.25, 0.3) is 0 Å². The Hall–Kier alpha value is -0.730. The van der Waals surface area contributed by atoms with E-state index >= 15 is 0 Å². The molecule has 0 aliphatic rings. The zero-order valence-corrected chi connectivity index (χ0v) is 9.94. The van der Waals surface area contributed by atoms with Gasteiger partial charge in [-0.05, 0) is 30.7 Å². The van der Waals surface area contributed by atoms with E-state index in [0.29, 0.717) is 18.1 Å². The fourth-order valence-electron chi connectivity index (χ4n) is 1.12. The summed E-state index contributed by atoms with van der Waals surface area (Å²) in [5, 5.41) is 0.677. The molecule has 0 atom stereocenters. The van der Waals surface area contributed by atoms with Crippen LogP contribution in [0.5, 0.6) is 5.75 Å². The van der Waals surface area contributed by atoms with Crippen LogP contribution in [-0.2, 0) is 4.79 Å². The minimum absolute atomic E-state index is 0.0108. The third-order valence-corrected chi connectivity index (χ3v) is 2.46. The summed E-state index contributed by atoms with van der Waals surface area (Å²) in [6.45, 7) is 2.26. The van der Waals surface area contributed by atoms with E-state index in [9.17, 15) is 4.79 Å². The van der Waals surface area contributed by atoms with Gasteiger partial charge in [0.15, 0.2) is 5.78 Å². The van der Waals surface area contributed by atoms with Crippen LogP contribution < -0.4 is 4.74 Å². The second-order valence-electron chi connectivity index (χ2n) is 3.18. The molecular formula is C11H12Cl2O2. The molecule has 0 unspecified atom stereocenters. The second kappa shape index (κ2) is 5.99. The first kappa shape index (κ1) is 12.3. The average molecular weight is 247 g/mol. The monoisotopic (exact) mass is 246 g/mol. The van der Waals surface area contributed by atoms with Gasteiger partial charge in [-0.3, -0.25) is 4.79 Å². The van der Waals surface area contributed by atoms with Crippen molar-refractivity contribution in [2.24, 2.45) is 0 Å². The molecule has 1 aromatic carbocycles. The summed E-state index contributed by atoms with van der Waals surface area (Å²) in [7, 11) is 0. The number of aryl methyl sites for hydroxylation is 1. The van der Waals surface area contributed by atoms with Crippen LogP contribution in [-0.4, -0.2) is 18.3 Å². The Bertz CT molecular complexity index is 350. The number of carbonyl (C=O) groups excluding carboxylic acids is 1. The maximum Gasteiger partial charge on any atom is 0.150 e. The second-order valence-corrected chi connectivity index (χ2v) is 3.88. The normalized spacial score (nSPS) is 10.1. The predicted molar refractivity (Wildman–Crippen MR) is 62.0 cm³/mol. The zero-order valence-electron chi connectivity index (χ0n) is 8.43. The van der Waals surface area contributed by atoms with E-state index in [1.54, 1.807) is 12.1 Å². The van der Waals surface area contributed by atoms with Crippen molar-refractivity contribution in [3.8, 4) is 5.75 Å². The Kier molecular flexibility index (Phi) is 4.92. The Labute approximate surface area is 99.1 Å². The lowest BCUT2D eigenvalue weighted by molar-refractivity contribution is -0.117. The average Bonchev–Trinajstić information content (AvgIpc) is 2.21. The Balaban J connectivity index is 2.47. The molecule has 0 aromatic heterocycles. The quantitative estimate of drug-likeness (QED) is 0.746. The van der Waals surface area contributed by atoms with Crippen LogP contribution in [0.3, 0.4) is 0 Å². The maximum absolute atomic E-state index is 10.9. The number of ether oxygens (including phenoxy) is 1. The summed E-state index contributed by atoms with van der Waals surface area (Å²) in [5.41, 5.74) is 0.959. The van der Waals surface area contributed by atoms with Crippen LogP contribution in [0, 0.1) is 6.92 Å². The smallest absolute Gasteiger partial charge is 0.150 e. The highest BCUT2D eigenvalue weighted by molar-refractivity contribution is 6.30. The highest BCUT2D eigenvalue weighted by atomic mass is 35.5. The van der Waals surface area contributed by atoms with Gasteiger partial charge in [0.2, 0.25) is 0 Å². The molecule has 0 N–H and O–H groups in total. The van der Waals surface area contributed by atoms with Gasteiger partial charge < -0.3 is 4.74 Å². The molecule has 0 saturated heterocycles. The fraction of sp³-hybridized carbons (Fsp3) is 0.364. The van der Waals surface area contributed by atoms with Crippen molar-refractivity contribution in [1.29, 1.82) is 0 Å². The maximum atomic E-state index is 10.9. The van der Waals surface area contributed by atoms with Crippen LogP contribution in [0.1, 0.15) is 12.0 Å². The molecule has 82 valence electrons. The number of Topliss-reactive ketones (excluding diaryl/α,β-unsaturated/α-hetero) is 1. The molecule has 0 bridgehead atoms. The number of rotatable bonds is 5. The van der Waals surface area contributed by atoms with Crippen molar-refractivity contribution in [3.05, 3.63) is 28.8 Å². The number of hydrogen-bond donors (Lipinski definition) is 0. The summed E-state index contributed by atoms with van der Waals surface area (Å²) < 4.78 is 5.43. The highest BCUT2D eigenvalue weighted by Gasteiger charge is 2.02. The molecule has 0 spiro atoms. The summed E-state index contributed by atoms with van der Waals surface area (Å²) in [6.07, 6.45) is 0.339. The van der Waals surface area contributed by atoms with E-state index in [4.69, 9.17) is 27.9 Å². The van der Waals surface area contributed by atoms with E-state index in [0.717, 1.165) is 11.3 Å². The Morgan fingerprint density at radius 1 is 1.47 bits per heavy atom. The van der Waals surface area contributed by atoms with E-state index in [1.807, 2.05) is 13.0 Å². The molecule has 1 rings (SSSR count). The summed E-state index contributed by atoms with van der Waals surface area (Å²) >= 11 is 11.2. The molecule has 0 aliphatic carbocycles. The van der Waals surface area contributed by atoms with E-state index in [1.165, 1.54) is 0 Å². The fourth-order valence-corrected chi connectivity index (χ4v) is 1.48. The molecule has 0 aliphatic heterocycles.